The summed E-state index contributed by atoms with van der Waals surface area (Å²) < 4.78 is 45.2. The fraction of sp³-hybridized carbons (Fsp3) is 0.333. The van der Waals surface area contributed by atoms with Gasteiger partial charge in [0, 0.05) is 55.2 Å². The van der Waals surface area contributed by atoms with Crippen LogP contribution in [0.3, 0.4) is 0 Å². The number of benzene rings is 2. The second-order valence-corrected chi connectivity index (χ2v) is 12.1. The number of hydrogen-bond donors (Lipinski definition) is 1. The first-order valence-corrected chi connectivity index (χ1v) is 15.6. The summed E-state index contributed by atoms with van der Waals surface area (Å²) in [7, 11) is 0. The van der Waals surface area contributed by atoms with E-state index in [2.05, 4.69) is 14.8 Å². The lowest BCUT2D eigenvalue weighted by Crippen LogP contribution is -2.59. The lowest BCUT2D eigenvalue weighted by Gasteiger charge is -2.44. The van der Waals surface area contributed by atoms with E-state index in [4.69, 9.17) is 31.0 Å². The summed E-state index contributed by atoms with van der Waals surface area (Å²) in [5, 5.41) is 9.94. The molecule has 0 unspecified atom stereocenters. The van der Waals surface area contributed by atoms with Gasteiger partial charge in [0.1, 0.15) is 35.4 Å². The minimum Gasteiger partial charge on any atom is -0.478 e. The highest BCUT2D eigenvalue weighted by molar-refractivity contribution is 6.30. The van der Waals surface area contributed by atoms with Crippen LogP contribution >= 0.6 is 11.6 Å². The topological polar surface area (TPSA) is 111 Å². The highest BCUT2D eigenvalue weighted by Gasteiger charge is 2.42. The van der Waals surface area contributed by atoms with Gasteiger partial charge in [0.05, 0.1) is 42.9 Å². The minimum absolute atomic E-state index is 0.00173. The van der Waals surface area contributed by atoms with E-state index in [1.165, 1.54) is 12.1 Å². The third-order valence-corrected chi connectivity index (χ3v) is 9.11. The van der Waals surface area contributed by atoms with Crippen molar-refractivity contribution < 1.29 is 28.2 Å². The number of carbonyl (C=O) groups is 1. The standard InChI is InChI=1S/C33H32ClF2N7O4/c1-20-37-7-8-40(20)9-11-42-26-14-22(33(44)45)13-25(36)32(26)39-30(42)16-41-10-12-43(28-19-46-18-27(28)41)29-3-2-4-31(38-29)47-17-21-5-6-23(34)15-24(21)35/h2-8,13-15,27-28H,9-12,16-19H2,1H3,(H,44,45)/t27-,28+/m0/s1. The van der Waals surface area contributed by atoms with Gasteiger partial charge in [-0.1, -0.05) is 23.7 Å². The molecule has 3 aromatic heterocycles. The Morgan fingerprint density at radius 2 is 1.91 bits per heavy atom. The number of aryl methyl sites for hydroxylation is 3. The Morgan fingerprint density at radius 3 is 2.70 bits per heavy atom. The zero-order valence-electron chi connectivity index (χ0n) is 25.5. The summed E-state index contributed by atoms with van der Waals surface area (Å²) in [6.07, 6.45) is 3.60. The van der Waals surface area contributed by atoms with Gasteiger partial charge in [-0.25, -0.2) is 23.5 Å². The van der Waals surface area contributed by atoms with Gasteiger partial charge in [0.15, 0.2) is 5.82 Å². The number of ether oxygens (including phenoxy) is 2. The SMILES string of the molecule is Cc1nccn1CCn1c(CN2CCN(c3cccc(OCc4ccc(Cl)cc4F)n3)[C@@H]3COC[C@@H]32)nc2c(F)cc(C(=O)O)cc21. The van der Waals surface area contributed by atoms with Crippen LogP contribution in [0.25, 0.3) is 11.0 Å². The van der Waals surface area contributed by atoms with Crippen LogP contribution in [0.5, 0.6) is 5.88 Å². The molecule has 0 radical (unpaired) electrons. The summed E-state index contributed by atoms with van der Waals surface area (Å²) in [6.45, 7) is 5.63. The largest absolute Gasteiger partial charge is 0.478 e. The van der Waals surface area contributed by atoms with Gasteiger partial charge < -0.3 is 28.6 Å². The molecule has 0 aliphatic carbocycles. The van der Waals surface area contributed by atoms with Crippen LogP contribution in [-0.2, 0) is 31.0 Å². The van der Waals surface area contributed by atoms with Crippen LogP contribution in [0.15, 0.2) is 60.9 Å². The third-order valence-electron chi connectivity index (χ3n) is 8.88. The fourth-order valence-corrected chi connectivity index (χ4v) is 6.57. The highest BCUT2D eigenvalue weighted by Crippen LogP contribution is 2.31. The van der Waals surface area contributed by atoms with Crippen molar-refractivity contribution in [3.63, 3.8) is 0 Å². The minimum atomic E-state index is -1.20. The molecule has 2 fully saturated rings. The van der Waals surface area contributed by atoms with Crippen molar-refractivity contribution in [3.8, 4) is 5.88 Å². The number of carboxylic acids is 1. The number of aromatic carboxylic acids is 1. The molecule has 2 aliphatic rings. The number of hydrogen-bond acceptors (Lipinski definition) is 8. The van der Waals surface area contributed by atoms with Crippen LogP contribution in [-0.4, -0.2) is 78.4 Å². The van der Waals surface area contributed by atoms with Crippen LogP contribution in [0.1, 0.15) is 27.6 Å². The first kappa shape index (κ1) is 31.0. The van der Waals surface area contributed by atoms with Crippen molar-refractivity contribution >= 4 is 34.4 Å². The number of anilines is 1. The van der Waals surface area contributed by atoms with Gasteiger partial charge in [-0.05, 0) is 37.3 Å². The van der Waals surface area contributed by atoms with E-state index in [-0.39, 0.29) is 29.8 Å². The lowest BCUT2D eigenvalue weighted by atomic mass is 10.0. The Labute approximate surface area is 273 Å². The molecule has 0 amide bonds. The van der Waals surface area contributed by atoms with Crippen molar-refractivity contribution in [2.24, 2.45) is 0 Å². The van der Waals surface area contributed by atoms with E-state index in [1.54, 1.807) is 24.4 Å². The quantitative estimate of drug-likeness (QED) is 0.222. The molecule has 244 valence electrons. The maximum absolute atomic E-state index is 15.2. The average molecular weight is 664 g/mol. The third kappa shape index (κ3) is 6.25. The molecular formula is C33H32ClF2N7O4. The predicted molar refractivity (Wildman–Crippen MR) is 170 cm³/mol. The summed E-state index contributed by atoms with van der Waals surface area (Å²) in [5.41, 5.74) is 0.832. The zero-order valence-corrected chi connectivity index (χ0v) is 26.3. The maximum Gasteiger partial charge on any atom is 0.335 e. The van der Waals surface area contributed by atoms with Crippen LogP contribution in [0, 0.1) is 18.6 Å². The molecule has 5 heterocycles. The number of aromatic nitrogens is 5. The Kier molecular flexibility index (Phi) is 8.52. The van der Waals surface area contributed by atoms with Gasteiger partial charge in [0.2, 0.25) is 5.88 Å². The molecule has 2 saturated heterocycles. The first-order valence-electron chi connectivity index (χ1n) is 15.3. The molecule has 0 bridgehead atoms. The normalized spacial score (nSPS) is 18.2. The molecule has 5 aromatic rings. The van der Waals surface area contributed by atoms with E-state index in [0.717, 1.165) is 17.7 Å². The van der Waals surface area contributed by atoms with Gasteiger partial charge in [-0.15, -0.1) is 0 Å². The highest BCUT2D eigenvalue weighted by atomic mass is 35.5. The number of nitrogens with zero attached hydrogens (tertiary/aromatic N) is 7. The Bertz CT molecular complexity index is 1950. The molecule has 0 spiro atoms. The molecule has 2 aromatic carbocycles. The van der Waals surface area contributed by atoms with Gasteiger partial charge in [-0.2, -0.15) is 4.98 Å². The number of pyridine rings is 1. The molecule has 1 N–H and O–H groups in total. The van der Waals surface area contributed by atoms with E-state index in [1.807, 2.05) is 34.4 Å². The summed E-state index contributed by atoms with van der Waals surface area (Å²) in [5.74, 6) is 0.276. The van der Waals surface area contributed by atoms with E-state index < -0.39 is 17.6 Å². The van der Waals surface area contributed by atoms with Crippen molar-refractivity contribution in [2.45, 2.75) is 45.2 Å². The summed E-state index contributed by atoms with van der Waals surface area (Å²) in [6, 6.07) is 12.5. The first-order chi connectivity index (χ1) is 22.7. The predicted octanol–water partition coefficient (Wildman–Crippen LogP) is 4.93. The molecule has 14 heteroatoms. The Balaban J connectivity index is 1.12. The smallest absolute Gasteiger partial charge is 0.335 e. The van der Waals surface area contributed by atoms with Crippen molar-refractivity contribution in [1.29, 1.82) is 0 Å². The second kappa shape index (κ2) is 12.9. The number of halogens is 3. The fourth-order valence-electron chi connectivity index (χ4n) is 6.41. The van der Waals surface area contributed by atoms with Gasteiger partial charge >= 0.3 is 5.97 Å². The van der Waals surface area contributed by atoms with E-state index >= 15 is 4.39 Å². The Hall–Kier alpha value is -4.59. The monoisotopic (exact) mass is 663 g/mol. The maximum atomic E-state index is 15.2. The molecule has 2 atom stereocenters. The average Bonchev–Trinajstić information content (AvgIpc) is 3.79. The zero-order chi connectivity index (χ0) is 32.7. The Morgan fingerprint density at radius 1 is 1.06 bits per heavy atom. The molecule has 0 saturated carbocycles. The van der Waals surface area contributed by atoms with Crippen molar-refractivity contribution in [1.82, 2.24) is 29.0 Å². The van der Waals surface area contributed by atoms with Crippen LogP contribution < -0.4 is 9.64 Å². The molecule has 11 nitrogen and oxygen atoms in total. The molecule has 2 aliphatic heterocycles. The lowest BCUT2D eigenvalue weighted by molar-refractivity contribution is 0.0696. The number of imidazole rings is 2. The van der Waals surface area contributed by atoms with Crippen LogP contribution in [0.2, 0.25) is 5.02 Å². The number of fused-ring (bicyclic) bond motifs is 2. The summed E-state index contributed by atoms with van der Waals surface area (Å²) >= 11 is 5.87. The van der Waals surface area contributed by atoms with E-state index in [0.29, 0.717) is 73.7 Å². The number of piperazine rings is 1. The van der Waals surface area contributed by atoms with Crippen LogP contribution in [0.4, 0.5) is 14.6 Å². The van der Waals surface area contributed by atoms with E-state index in [9.17, 15) is 14.3 Å². The second-order valence-electron chi connectivity index (χ2n) is 11.7. The van der Waals surface area contributed by atoms with Gasteiger partial charge in [-0.3, -0.25) is 4.90 Å². The summed E-state index contributed by atoms with van der Waals surface area (Å²) in [4.78, 5) is 30.0. The number of carboxylic acid groups (broad SMARTS) is 1. The number of rotatable bonds is 10. The van der Waals surface area contributed by atoms with Crippen molar-refractivity contribution in [2.75, 3.05) is 31.2 Å². The molecule has 47 heavy (non-hydrogen) atoms. The molecular weight excluding hydrogens is 632 g/mol. The van der Waals surface area contributed by atoms with Crippen molar-refractivity contribution in [3.05, 3.63) is 100 Å². The molecule has 7 rings (SSSR count). The van der Waals surface area contributed by atoms with Gasteiger partial charge in [0.25, 0.3) is 0 Å².